The first kappa shape index (κ1) is 12.9. The molecule has 1 aliphatic heterocycles. The predicted octanol–water partition coefficient (Wildman–Crippen LogP) is 3.63. The molecule has 3 rings (SSSR count). The normalized spacial score (nSPS) is 33.5. The van der Waals surface area contributed by atoms with Gasteiger partial charge in [-0.25, -0.2) is 0 Å². The van der Waals surface area contributed by atoms with Crippen LogP contribution in [0.15, 0.2) is 0 Å². The summed E-state index contributed by atoms with van der Waals surface area (Å²) >= 11 is 0. The summed E-state index contributed by atoms with van der Waals surface area (Å²) in [6.45, 7) is 0.960. The Labute approximate surface area is 112 Å². The van der Waals surface area contributed by atoms with Crippen LogP contribution in [0.1, 0.15) is 70.6 Å². The second-order valence-electron chi connectivity index (χ2n) is 7.03. The van der Waals surface area contributed by atoms with Crippen molar-refractivity contribution in [1.82, 2.24) is 0 Å². The SMILES string of the molecule is NC(CCC1CCCC1)C1CCOC2(CCC2)C1. The van der Waals surface area contributed by atoms with E-state index in [0.29, 0.717) is 6.04 Å². The van der Waals surface area contributed by atoms with Crippen molar-refractivity contribution in [1.29, 1.82) is 0 Å². The molecule has 2 heteroatoms. The maximum Gasteiger partial charge on any atom is 0.0685 e. The van der Waals surface area contributed by atoms with Gasteiger partial charge in [-0.15, -0.1) is 0 Å². The molecule has 0 aromatic rings. The smallest absolute Gasteiger partial charge is 0.0685 e. The molecule has 2 aliphatic carbocycles. The van der Waals surface area contributed by atoms with Gasteiger partial charge in [0.1, 0.15) is 0 Å². The Kier molecular flexibility index (Phi) is 3.95. The zero-order valence-corrected chi connectivity index (χ0v) is 11.7. The van der Waals surface area contributed by atoms with Crippen LogP contribution in [0.4, 0.5) is 0 Å². The molecule has 18 heavy (non-hydrogen) atoms. The quantitative estimate of drug-likeness (QED) is 0.828. The van der Waals surface area contributed by atoms with Crippen molar-refractivity contribution >= 4 is 0 Å². The fourth-order valence-electron chi connectivity index (χ4n) is 4.31. The minimum Gasteiger partial charge on any atom is -0.375 e. The summed E-state index contributed by atoms with van der Waals surface area (Å²) in [5.41, 5.74) is 6.74. The van der Waals surface area contributed by atoms with Gasteiger partial charge in [-0.1, -0.05) is 25.7 Å². The highest BCUT2D eigenvalue weighted by Gasteiger charge is 2.43. The number of ether oxygens (including phenoxy) is 1. The minimum absolute atomic E-state index is 0.272. The summed E-state index contributed by atoms with van der Waals surface area (Å²) in [5.74, 6) is 1.73. The predicted molar refractivity (Wildman–Crippen MR) is 74.4 cm³/mol. The third kappa shape index (κ3) is 2.75. The molecule has 0 amide bonds. The van der Waals surface area contributed by atoms with Gasteiger partial charge in [0.25, 0.3) is 0 Å². The topological polar surface area (TPSA) is 35.2 Å². The molecule has 0 aromatic carbocycles. The Hall–Kier alpha value is -0.0800. The third-order valence-corrected chi connectivity index (χ3v) is 5.78. The molecular weight excluding hydrogens is 222 g/mol. The fourth-order valence-corrected chi connectivity index (χ4v) is 4.31. The standard InChI is InChI=1S/C16H29NO/c17-15(7-6-13-4-1-2-5-13)14-8-11-18-16(12-14)9-3-10-16/h13-15H,1-12,17H2. The molecule has 2 N–H and O–H groups in total. The number of hydrogen-bond acceptors (Lipinski definition) is 2. The van der Waals surface area contributed by atoms with Gasteiger partial charge in [-0.05, 0) is 56.8 Å². The molecule has 2 saturated carbocycles. The van der Waals surface area contributed by atoms with Crippen molar-refractivity contribution in [3.05, 3.63) is 0 Å². The summed E-state index contributed by atoms with van der Waals surface area (Å²) in [4.78, 5) is 0. The highest BCUT2D eigenvalue weighted by atomic mass is 16.5. The Morgan fingerprint density at radius 1 is 1.11 bits per heavy atom. The van der Waals surface area contributed by atoms with Gasteiger partial charge in [0.05, 0.1) is 5.60 Å². The molecule has 0 bridgehead atoms. The fraction of sp³-hybridized carbons (Fsp3) is 1.00. The van der Waals surface area contributed by atoms with Crippen molar-refractivity contribution in [2.45, 2.75) is 82.3 Å². The van der Waals surface area contributed by atoms with Gasteiger partial charge < -0.3 is 10.5 Å². The lowest BCUT2D eigenvalue weighted by Gasteiger charge is -2.48. The Bertz CT molecular complexity index is 268. The molecule has 2 atom stereocenters. The van der Waals surface area contributed by atoms with Crippen LogP contribution in [0.3, 0.4) is 0 Å². The van der Waals surface area contributed by atoms with Crippen LogP contribution in [0.5, 0.6) is 0 Å². The molecule has 2 unspecified atom stereocenters. The summed E-state index contributed by atoms with van der Waals surface area (Å²) in [5, 5.41) is 0. The van der Waals surface area contributed by atoms with Crippen molar-refractivity contribution in [2.75, 3.05) is 6.61 Å². The molecule has 1 saturated heterocycles. The van der Waals surface area contributed by atoms with Crippen molar-refractivity contribution < 1.29 is 4.74 Å². The number of hydrogen-bond donors (Lipinski definition) is 1. The maximum atomic E-state index is 6.47. The van der Waals surface area contributed by atoms with Crippen LogP contribution < -0.4 is 5.73 Å². The molecule has 2 nitrogen and oxygen atoms in total. The van der Waals surface area contributed by atoms with E-state index in [1.165, 1.54) is 70.6 Å². The van der Waals surface area contributed by atoms with E-state index in [1.807, 2.05) is 0 Å². The van der Waals surface area contributed by atoms with E-state index in [4.69, 9.17) is 10.5 Å². The second-order valence-corrected chi connectivity index (χ2v) is 7.03. The lowest BCUT2D eigenvalue weighted by Crippen LogP contribution is -2.49. The van der Waals surface area contributed by atoms with Crippen LogP contribution in [0.2, 0.25) is 0 Å². The largest absolute Gasteiger partial charge is 0.375 e. The molecule has 3 aliphatic rings. The zero-order chi connectivity index (χ0) is 12.4. The van der Waals surface area contributed by atoms with Crippen molar-refractivity contribution in [2.24, 2.45) is 17.6 Å². The van der Waals surface area contributed by atoms with E-state index >= 15 is 0 Å². The van der Waals surface area contributed by atoms with Gasteiger partial charge in [-0.3, -0.25) is 0 Å². The van der Waals surface area contributed by atoms with Gasteiger partial charge in [0.2, 0.25) is 0 Å². The van der Waals surface area contributed by atoms with Gasteiger partial charge in [0.15, 0.2) is 0 Å². The summed E-state index contributed by atoms with van der Waals surface area (Å²) in [6.07, 6.45) is 14.9. The molecule has 3 fully saturated rings. The van der Waals surface area contributed by atoms with E-state index in [2.05, 4.69) is 0 Å². The highest BCUT2D eigenvalue weighted by molar-refractivity contribution is 4.96. The van der Waals surface area contributed by atoms with E-state index in [9.17, 15) is 0 Å². The number of rotatable bonds is 4. The minimum atomic E-state index is 0.272. The number of nitrogens with two attached hydrogens (primary N) is 1. The molecule has 0 radical (unpaired) electrons. The van der Waals surface area contributed by atoms with E-state index in [1.54, 1.807) is 0 Å². The maximum absolute atomic E-state index is 6.47. The van der Waals surface area contributed by atoms with E-state index in [0.717, 1.165) is 18.4 Å². The van der Waals surface area contributed by atoms with E-state index < -0.39 is 0 Å². The van der Waals surface area contributed by atoms with Crippen molar-refractivity contribution in [3.8, 4) is 0 Å². The van der Waals surface area contributed by atoms with E-state index in [-0.39, 0.29) is 5.60 Å². The van der Waals surface area contributed by atoms with Gasteiger partial charge in [-0.2, -0.15) is 0 Å². The third-order valence-electron chi connectivity index (χ3n) is 5.78. The lowest BCUT2D eigenvalue weighted by atomic mass is 9.70. The Balaban J connectivity index is 1.44. The van der Waals surface area contributed by atoms with Crippen LogP contribution in [0, 0.1) is 11.8 Å². The molecular formula is C16H29NO. The first-order chi connectivity index (χ1) is 8.77. The molecule has 1 heterocycles. The summed E-state index contributed by atoms with van der Waals surface area (Å²) in [6, 6.07) is 0.437. The monoisotopic (exact) mass is 251 g/mol. The van der Waals surface area contributed by atoms with Gasteiger partial charge >= 0.3 is 0 Å². The van der Waals surface area contributed by atoms with Crippen LogP contribution in [-0.4, -0.2) is 18.2 Å². The molecule has 0 aromatic heterocycles. The lowest BCUT2D eigenvalue weighted by molar-refractivity contribution is -0.146. The van der Waals surface area contributed by atoms with Crippen LogP contribution in [-0.2, 0) is 4.74 Å². The first-order valence-electron chi connectivity index (χ1n) is 8.17. The van der Waals surface area contributed by atoms with Crippen LogP contribution >= 0.6 is 0 Å². The van der Waals surface area contributed by atoms with Crippen LogP contribution in [0.25, 0.3) is 0 Å². The molecule has 104 valence electrons. The van der Waals surface area contributed by atoms with Crippen molar-refractivity contribution in [3.63, 3.8) is 0 Å². The first-order valence-corrected chi connectivity index (χ1v) is 8.17. The second kappa shape index (κ2) is 5.50. The average Bonchev–Trinajstić information content (AvgIpc) is 2.87. The zero-order valence-electron chi connectivity index (χ0n) is 11.7. The summed E-state index contributed by atoms with van der Waals surface area (Å²) < 4.78 is 6.00. The summed E-state index contributed by atoms with van der Waals surface area (Å²) in [7, 11) is 0. The average molecular weight is 251 g/mol. The Morgan fingerprint density at radius 3 is 2.56 bits per heavy atom. The molecule has 1 spiro atoms. The Morgan fingerprint density at radius 2 is 1.89 bits per heavy atom. The van der Waals surface area contributed by atoms with Gasteiger partial charge in [0, 0.05) is 12.6 Å². The highest BCUT2D eigenvalue weighted by Crippen LogP contribution is 2.45.